The third kappa shape index (κ3) is 4.67. The highest BCUT2D eigenvalue weighted by atomic mass is 79.9. The molecule has 4 nitrogen and oxygen atoms in total. The smallest absolute Gasteiger partial charge is 0.267 e. The predicted octanol–water partition coefficient (Wildman–Crippen LogP) is 7.56. The molecule has 0 saturated heterocycles. The van der Waals surface area contributed by atoms with Gasteiger partial charge in [0.2, 0.25) is 0 Å². The number of hydrogen-bond donors (Lipinski definition) is 1. The van der Waals surface area contributed by atoms with Gasteiger partial charge in [-0.1, -0.05) is 72.3 Å². The molecule has 0 bridgehead atoms. The van der Waals surface area contributed by atoms with E-state index in [0.29, 0.717) is 5.39 Å². The molecule has 0 amide bonds. The van der Waals surface area contributed by atoms with Crippen LogP contribution in [0.2, 0.25) is 0 Å². The van der Waals surface area contributed by atoms with Crippen LogP contribution in [0.4, 0.5) is 0 Å². The van der Waals surface area contributed by atoms with Crippen molar-refractivity contribution in [2.45, 2.75) is 32.1 Å². The predicted molar refractivity (Wildman–Crippen MR) is 155 cm³/mol. The lowest BCUT2D eigenvalue weighted by atomic mass is 9.78. The Balaban J connectivity index is 0.000000191. The van der Waals surface area contributed by atoms with Crippen LogP contribution in [0.3, 0.4) is 0 Å². The van der Waals surface area contributed by atoms with E-state index >= 15 is 0 Å². The number of aromatic nitrogens is 3. The number of halogens is 1. The summed E-state index contributed by atoms with van der Waals surface area (Å²) in [5.41, 5.74) is 8.62. The van der Waals surface area contributed by atoms with Crippen molar-refractivity contribution in [3.05, 3.63) is 134 Å². The number of allylic oxidation sites excluding steroid dienone is 4. The third-order valence-corrected chi connectivity index (χ3v) is 7.99. The summed E-state index contributed by atoms with van der Waals surface area (Å²) in [5, 5.41) is 10.4. The SMILES string of the molecule is Brc1ncccc1Cc1cccc2ccc3c(c12)CCC1=C3C=CCC1.O=c1[nH]ncc2ccccc12. The summed E-state index contributed by atoms with van der Waals surface area (Å²) in [7, 11) is 0. The van der Waals surface area contributed by atoms with Gasteiger partial charge in [-0.2, -0.15) is 5.10 Å². The monoisotopic (exact) mass is 547 g/mol. The molecule has 0 spiro atoms. The minimum atomic E-state index is -0.136. The molecule has 1 N–H and O–H groups in total. The van der Waals surface area contributed by atoms with Crippen molar-refractivity contribution in [1.82, 2.24) is 15.2 Å². The number of aromatic amines is 1. The van der Waals surface area contributed by atoms with Crippen molar-refractivity contribution in [1.29, 1.82) is 0 Å². The van der Waals surface area contributed by atoms with Crippen LogP contribution in [-0.2, 0) is 12.8 Å². The maximum absolute atomic E-state index is 11.1. The lowest BCUT2D eigenvalue weighted by Crippen LogP contribution is -2.08. The average Bonchev–Trinajstić information content (AvgIpc) is 2.95. The van der Waals surface area contributed by atoms with E-state index in [1.165, 1.54) is 57.9 Å². The molecule has 0 unspecified atom stereocenters. The van der Waals surface area contributed by atoms with E-state index in [0.717, 1.165) is 22.8 Å². The van der Waals surface area contributed by atoms with Crippen LogP contribution in [0.1, 0.15) is 41.5 Å². The molecule has 0 fully saturated rings. The first kappa shape index (κ1) is 23.6. The van der Waals surface area contributed by atoms with Crippen molar-refractivity contribution in [2.24, 2.45) is 0 Å². The molecule has 2 aromatic heterocycles. The van der Waals surface area contributed by atoms with E-state index < -0.39 is 0 Å². The summed E-state index contributed by atoms with van der Waals surface area (Å²) in [6, 6.07) is 22.9. The standard InChI is InChI=1S/C24H20BrN.C8H6N2O/c25-24-19(8-4-14-26-24)15-18-7-3-6-17-11-12-21-20-9-2-1-5-16(20)10-13-22(21)23(17)18;11-8-7-4-2-1-3-6(7)5-9-10-8/h2-4,6-9,11-12,14H,1,5,10,13,15H2;1-5H,(H,10,11). The van der Waals surface area contributed by atoms with Crippen LogP contribution < -0.4 is 5.56 Å². The van der Waals surface area contributed by atoms with Gasteiger partial charge < -0.3 is 0 Å². The van der Waals surface area contributed by atoms with Gasteiger partial charge in [0.25, 0.3) is 5.56 Å². The minimum Gasteiger partial charge on any atom is -0.267 e. The molecular weight excluding hydrogens is 522 g/mol. The second kappa shape index (κ2) is 10.3. The first-order valence-electron chi connectivity index (χ1n) is 12.6. The average molecular weight is 548 g/mol. The van der Waals surface area contributed by atoms with Gasteiger partial charge >= 0.3 is 0 Å². The van der Waals surface area contributed by atoms with Crippen LogP contribution in [0.5, 0.6) is 0 Å². The number of nitrogens with one attached hydrogen (secondary N) is 1. The van der Waals surface area contributed by atoms with Crippen molar-refractivity contribution in [3.8, 4) is 0 Å². The second-order valence-electron chi connectivity index (χ2n) is 9.48. The van der Waals surface area contributed by atoms with E-state index in [2.05, 4.69) is 79.7 Å². The Morgan fingerprint density at radius 2 is 1.73 bits per heavy atom. The Bertz CT molecular complexity index is 1740. The molecule has 0 aliphatic heterocycles. The van der Waals surface area contributed by atoms with Gasteiger partial charge in [-0.25, -0.2) is 10.1 Å². The Kier molecular flexibility index (Phi) is 6.54. The summed E-state index contributed by atoms with van der Waals surface area (Å²) < 4.78 is 0.946. The lowest BCUT2D eigenvalue weighted by Gasteiger charge is -2.26. The van der Waals surface area contributed by atoms with Gasteiger partial charge in [0.05, 0.1) is 6.20 Å². The Morgan fingerprint density at radius 3 is 2.62 bits per heavy atom. The third-order valence-electron chi connectivity index (χ3n) is 7.28. The molecule has 5 heteroatoms. The summed E-state index contributed by atoms with van der Waals surface area (Å²) in [4.78, 5) is 15.5. The molecule has 0 radical (unpaired) electrons. The summed E-state index contributed by atoms with van der Waals surface area (Å²) in [5.74, 6) is 0. The zero-order valence-electron chi connectivity index (χ0n) is 20.4. The molecule has 0 atom stereocenters. The Morgan fingerprint density at radius 1 is 0.865 bits per heavy atom. The molecule has 5 aromatic rings. The van der Waals surface area contributed by atoms with E-state index in [-0.39, 0.29) is 5.56 Å². The Labute approximate surface area is 223 Å². The van der Waals surface area contributed by atoms with Crippen LogP contribution in [0.25, 0.3) is 27.1 Å². The highest BCUT2D eigenvalue weighted by Gasteiger charge is 2.21. The van der Waals surface area contributed by atoms with Crippen molar-refractivity contribution in [2.75, 3.05) is 0 Å². The number of H-pyrrole nitrogens is 1. The number of benzene rings is 3. The number of rotatable bonds is 2. The van der Waals surface area contributed by atoms with Gasteiger partial charge in [-0.15, -0.1) is 0 Å². The maximum Gasteiger partial charge on any atom is 0.272 e. The number of fused-ring (bicyclic) bond motifs is 5. The first-order chi connectivity index (χ1) is 18.2. The molecule has 37 heavy (non-hydrogen) atoms. The van der Waals surface area contributed by atoms with E-state index in [4.69, 9.17) is 0 Å². The second-order valence-corrected chi connectivity index (χ2v) is 10.2. The van der Waals surface area contributed by atoms with Crippen molar-refractivity contribution in [3.63, 3.8) is 0 Å². The van der Waals surface area contributed by atoms with Crippen LogP contribution in [0.15, 0.2) is 106 Å². The van der Waals surface area contributed by atoms with Crippen molar-refractivity contribution < 1.29 is 0 Å². The van der Waals surface area contributed by atoms with Crippen molar-refractivity contribution >= 4 is 43.0 Å². The van der Waals surface area contributed by atoms with Crippen LogP contribution in [-0.4, -0.2) is 15.2 Å². The topological polar surface area (TPSA) is 58.6 Å². The fourth-order valence-corrected chi connectivity index (χ4v) is 5.91. The summed E-state index contributed by atoms with van der Waals surface area (Å²) in [6.07, 6.45) is 13.8. The molecule has 3 aromatic carbocycles. The molecular formula is C32H26BrN3O. The number of pyridine rings is 1. The summed E-state index contributed by atoms with van der Waals surface area (Å²) >= 11 is 3.61. The molecule has 182 valence electrons. The molecule has 2 heterocycles. The minimum absolute atomic E-state index is 0.136. The zero-order valence-corrected chi connectivity index (χ0v) is 22.0. The van der Waals surface area contributed by atoms with Gasteiger partial charge in [-0.05, 0) is 92.3 Å². The normalized spacial score (nSPS) is 14.2. The number of hydrogen-bond acceptors (Lipinski definition) is 3. The largest absolute Gasteiger partial charge is 0.272 e. The fraction of sp³-hybridized carbons (Fsp3) is 0.156. The number of aryl methyl sites for hydroxylation is 1. The summed E-state index contributed by atoms with van der Waals surface area (Å²) in [6.45, 7) is 0. The van der Waals surface area contributed by atoms with E-state index in [9.17, 15) is 4.79 Å². The van der Waals surface area contributed by atoms with Crippen LogP contribution >= 0.6 is 15.9 Å². The first-order valence-corrected chi connectivity index (χ1v) is 13.4. The molecule has 2 aliphatic rings. The van der Waals surface area contributed by atoms with Crippen LogP contribution in [0, 0.1) is 0 Å². The Hall–Kier alpha value is -3.83. The fourth-order valence-electron chi connectivity index (χ4n) is 5.52. The highest BCUT2D eigenvalue weighted by molar-refractivity contribution is 9.10. The lowest BCUT2D eigenvalue weighted by molar-refractivity contribution is 0.830. The molecule has 2 aliphatic carbocycles. The zero-order chi connectivity index (χ0) is 25.2. The quantitative estimate of drug-likeness (QED) is 0.232. The van der Waals surface area contributed by atoms with Gasteiger partial charge in [0.15, 0.2) is 0 Å². The highest BCUT2D eigenvalue weighted by Crippen LogP contribution is 2.41. The molecule has 0 saturated carbocycles. The molecule has 7 rings (SSSR count). The van der Waals surface area contributed by atoms with E-state index in [1.54, 1.807) is 17.8 Å². The van der Waals surface area contributed by atoms with Gasteiger partial charge in [-0.3, -0.25) is 4.79 Å². The maximum atomic E-state index is 11.1. The number of nitrogens with zero attached hydrogens (tertiary/aromatic N) is 2. The van der Waals surface area contributed by atoms with E-state index in [1.807, 2.05) is 30.5 Å². The van der Waals surface area contributed by atoms with Gasteiger partial charge in [0, 0.05) is 23.4 Å². The van der Waals surface area contributed by atoms with Gasteiger partial charge in [0.1, 0.15) is 4.60 Å².